The number of hydrogen-bond acceptors (Lipinski definition) is 2. The quantitative estimate of drug-likeness (QED) is 0.816. The average molecular weight is 241 g/mol. The molecule has 0 radical (unpaired) electrons. The van der Waals surface area contributed by atoms with Crippen LogP contribution in [0.3, 0.4) is 0 Å². The van der Waals surface area contributed by atoms with Gasteiger partial charge in [-0.25, -0.2) is 18.2 Å². The molecule has 0 fully saturated rings. The number of benzene rings is 1. The summed E-state index contributed by atoms with van der Waals surface area (Å²) in [6.07, 6.45) is 3.12. The van der Waals surface area contributed by atoms with Crippen molar-refractivity contribution in [2.24, 2.45) is 12.8 Å². The molecule has 90 valence electrons. The Kier molecular flexibility index (Phi) is 2.89. The Balaban J connectivity index is 2.48. The van der Waals surface area contributed by atoms with E-state index in [2.05, 4.69) is 4.98 Å². The van der Waals surface area contributed by atoms with E-state index < -0.39 is 23.5 Å². The highest BCUT2D eigenvalue weighted by molar-refractivity contribution is 5.28. The highest BCUT2D eigenvalue weighted by Gasteiger charge is 2.21. The van der Waals surface area contributed by atoms with E-state index in [0.29, 0.717) is 5.82 Å². The van der Waals surface area contributed by atoms with Gasteiger partial charge in [-0.2, -0.15) is 0 Å². The number of nitrogens with zero attached hydrogens (tertiary/aromatic N) is 2. The summed E-state index contributed by atoms with van der Waals surface area (Å²) in [7, 11) is 1.68. The monoisotopic (exact) mass is 241 g/mol. The van der Waals surface area contributed by atoms with Crippen molar-refractivity contribution in [3.05, 3.63) is 53.4 Å². The van der Waals surface area contributed by atoms with Gasteiger partial charge >= 0.3 is 0 Å². The van der Waals surface area contributed by atoms with E-state index in [1.54, 1.807) is 17.8 Å². The zero-order valence-electron chi connectivity index (χ0n) is 8.99. The van der Waals surface area contributed by atoms with E-state index in [0.717, 1.165) is 12.1 Å². The summed E-state index contributed by atoms with van der Waals surface area (Å²) >= 11 is 0. The van der Waals surface area contributed by atoms with Gasteiger partial charge in [-0.05, 0) is 6.07 Å². The molecule has 0 aliphatic rings. The van der Waals surface area contributed by atoms with Gasteiger partial charge in [0.05, 0.1) is 6.04 Å². The van der Waals surface area contributed by atoms with E-state index in [1.807, 2.05) is 0 Å². The molecule has 1 aromatic carbocycles. The molecule has 0 saturated heterocycles. The molecule has 2 N–H and O–H groups in total. The van der Waals surface area contributed by atoms with Crippen molar-refractivity contribution in [3.8, 4) is 0 Å². The zero-order valence-corrected chi connectivity index (χ0v) is 8.99. The summed E-state index contributed by atoms with van der Waals surface area (Å²) in [6, 6.07) is 1.02. The van der Waals surface area contributed by atoms with Crippen LogP contribution in [0.2, 0.25) is 0 Å². The van der Waals surface area contributed by atoms with Crippen molar-refractivity contribution >= 4 is 0 Å². The van der Waals surface area contributed by atoms with Crippen molar-refractivity contribution in [3.63, 3.8) is 0 Å². The van der Waals surface area contributed by atoms with Crippen LogP contribution in [0.5, 0.6) is 0 Å². The topological polar surface area (TPSA) is 43.8 Å². The molecule has 0 spiro atoms. The van der Waals surface area contributed by atoms with Gasteiger partial charge in [0.25, 0.3) is 0 Å². The van der Waals surface area contributed by atoms with Crippen LogP contribution >= 0.6 is 0 Å². The number of aromatic nitrogens is 2. The third-order valence-electron chi connectivity index (χ3n) is 2.54. The molecule has 6 heteroatoms. The first kappa shape index (κ1) is 11.7. The maximum atomic E-state index is 13.5. The summed E-state index contributed by atoms with van der Waals surface area (Å²) < 4.78 is 40.9. The van der Waals surface area contributed by atoms with E-state index in [9.17, 15) is 13.2 Å². The second kappa shape index (κ2) is 4.21. The molecule has 1 unspecified atom stereocenters. The van der Waals surface area contributed by atoms with Gasteiger partial charge in [0, 0.05) is 25.0 Å². The smallest absolute Gasteiger partial charge is 0.194 e. The Labute approximate surface area is 95.7 Å². The lowest BCUT2D eigenvalue weighted by atomic mass is 10.1. The van der Waals surface area contributed by atoms with Gasteiger partial charge < -0.3 is 10.3 Å². The van der Waals surface area contributed by atoms with E-state index in [4.69, 9.17) is 5.73 Å². The first-order chi connectivity index (χ1) is 8.02. The van der Waals surface area contributed by atoms with Crippen molar-refractivity contribution in [2.75, 3.05) is 0 Å². The SMILES string of the molecule is Cn1ccnc1C(N)c1ccc(F)c(F)c1F. The van der Waals surface area contributed by atoms with Crippen LogP contribution in [-0.2, 0) is 7.05 Å². The molecule has 3 nitrogen and oxygen atoms in total. The second-order valence-electron chi connectivity index (χ2n) is 3.64. The number of nitrogens with two attached hydrogens (primary N) is 1. The number of aryl methyl sites for hydroxylation is 1. The lowest BCUT2D eigenvalue weighted by molar-refractivity contribution is 0.437. The third kappa shape index (κ3) is 1.91. The minimum Gasteiger partial charge on any atom is -0.336 e. The molecule has 17 heavy (non-hydrogen) atoms. The number of imidazole rings is 1. The summed E-state index contributed by atoms with van der Waals surface area (Å²) in [5, 5.41) is 0. The van der Waals surface area contributed by atoms with Gasteiger partial charge in [-0.3, -0.25) is 0 Å². The van der Waals surface area contributed by atoms with Gasteiger partial charge in [-0.1, -0.05) is 6.07 Å². The average Bonchev–Trinajstić information content (AvgIpc) is 2.72. The second-order valence-corrected chi connectivity index (χ2v) is 3.64. The molecule has 1 aromatic heterocycles. The predicted octanol–water partition coefficient (Wildman–Crippen LogP) is 1.89. The molecule has 2 rings (SSSR count). The van der Waals surface area contributed by atoms with Crippen molar-refractivity contribution in [1.82, 2.24) is 9.55 Å². The zero-order chi connectivity index (χ0) is 12.6. The first-order valence-electron chi connectivity index (χ1n) is 4.88. The molecular weight excluding hydrogens is 231 g/mol. The molecule has 2 aromatic rings. The highest BCUT2D eigenvalue weighted by Crippen LogP contribution is 2.23. The van der Waals surface area contributed by atoms with Gasteiger partial charge in [0.2, 0.25) is 0 Å². The predicted molar refractivity (Wildman–Crippen MR) is 55.6 cm³/mol. The largest absolute Gasteiger partial charge is 0.336 e. The maximum absolute atomic E-state index is 13.5. The van der Waals surface area contributed by atoms with Crippen LogP contribution in [0.15, 0.2) is 24.5 Å². The first-order valence-corrected chi connectivity index (χ1v) is 4.88. The van der Waals surface area contributed by atoms with Crippen LogP contribution in [0.4, 0.5) is 13.2 Å². The minimum absolute atomic E-state index is 0.127. The summed E-state index contributed by atoms with van der Waals surface area (Å²) in [5.74, 6) is -3.67. The highest BCUT2D eigenvalue weighted by atomic mass is 19.2. The third-order valence-corrected chi connectivity index (χ3v) is 2.54. The molecule has 0 aliphatic carbocycles. The Hall–Kier alpha value is -1.82. The molecule has 0 bridgehead atoms. The van der Waals surface area contributed by atoms with E-state index >= 15 is 0 Å². The van der Waals surface area contributed by atoms with Crippen molar-refractivity contribution in [1.29, 1.82) is 0 Å². The van der Waals surface area contributed by atoms with Gasteiger partial charge in [-0.15, -0.1) is 0 Å². The fourth-order valence-corrected chi connectivity index (χ4v) is 1.60. The van der Waals surface area contributed by atoms with Crippen molar-refractivity contribution in [2.45, 2.75) is 6.04 Å². The number of halogens is 3. The van der Waals surface area contributed by atoms with Crippen molar-refractivity contribution < 1.29 is 13.2 Å². The van der Waals surface area contributed by atoms with Crippen LogP contribution in [0.25, 0.3) is 0 Å². The Morgan fingerprint density at radius 1 is 1.24 bits per heavy atom. The van der Waals surface area contributed by atoms with Crippen LogP contribution < -0.4 is 5.73 Å². The molecule has 1 heterocycles. The standard InChI is InChI=1S/C11H10F3N3/c1-17-5-4-16-11(17)10(15)6-2-3-7(12)9(14)8(6)13/h2-5,10H,15H2,1H3. The summed E-state index contributed by atoms with van der Waals surface area (Å²) in [5.41, 5.74) is 5.64. The Morgan fingerprint density at radius 2 is 1.94 bits per heavy atom. The number of rotatable bonds is 2. The van der Waals surface area contributed by atoms with Gasteiger partial charge in [0.1, 0.15) is 5.82 Å². The number of hydrogen-bond donors (Lipinski definition) is 1. The summed E-state index contributed by atoms with van der Waals surface area (Å²) in [4.78, 5) is 3.94. The molecule has 0 amide bonds. The maximum Gasteiger partial charge on any atom is 0.194 e. The Bertz CT molecular complexity index is 551. The Morgan fingerprint density at radius 3 is 2.53 bits per heavy atom. The lowest BCUT2D eigenvalue weighted by Gasteiger charge is -2.13. The molecular formula is C11H10F3N3. The fraction of sp³-hybridized carbons (Fsp3) is 0.182. The van der Waals surface area contributed by atoms with Crippen LogP contribution in [0, 0.1) is 17.5 Å². The van der Waals surface area contributed by atoms with Crippen LogP contribution in [-0.4, -0.2) is 9.55 Å². The van der Waals surface area contributed by atoms with E-state index in [1.165, 1.54) is 6.20 Å². The molecule has 0 saturated carbocycles. The lowest BCUT2D eigenvalue weighted by Crippen LogP contribution is -2.18. The summed E-state index contributed by atoms with van der Waals surface area (Å²) in [6.45, 7) is 0. The normalized spacial score (nSPS) is 12.8. The minimum atomic E-state index is -1.52. The fourth-order valence-electron chi connectivity index (χ4n) is 1.60. The molecule has 1 atom stereocenters. The van der Waals surface area contributed by atoms with Crippen LogP contribution in [0.1, 0.15) is 17.4 Å². The van der Waals surface area contributed by atoms with E-state index in [-0.39, 0.29) is 5.56 Å². The molecule has 0 aliphatic heterocycles. The van der Waals surface area contributed by atoms with Gasteiger partial charge in [0.15, 0.2) is 17.5 Å².